The first-order chi connectivity index (χ1) is 13.0. The van der Waals surface area contributed by atoms with Gasteiger partial charge in [0.25, 0.3) is 0 Å². The number of piperazine rings is 1. The van der Waals surface area contributed by atoms with Crippen molar-refractivity contribution in [3.8, 4) is 0 Å². The zero-order chi connectivity index (χ0) is 19.0. The molecule has 0 radical (unpaired) electrons. The van der Waals surface area contributed by atoms with Crippen LogP contribution in [0.5, 0.6) is 0 Å². The van der Waals surface area contributed by atoms with Crippen molar-refractivity contribution in [3.63, 3.8) is 0 Å². The summed E-state index contributed by atoms with van der Waals surface area (Å²) in [5.41, 5.74) is 0. The lowest BCUT2D eigenvalue weighted by Crippen LogP contribution is -2.50. The molecule has 0 aromatic carbocycles. The van der Waals surface area contributed by atoms with Gasteiger partial charge in [-0.25, -0.2) is 0 Å². The molecule has 0 saturated carbocycles. The number of nitrogens with zero attached hydrogens (tertiary/aromatic N) is 6. The lowest BCUT2D eigenvalue weighted by Gasteiger charge is -2.36. The minimum atomic E-state index is 0.0352. The molecule has 3 aliphatic heterocycles. The van der Waals surface area contributed by atoms with Crippen molar-refractivity contribution < 1.29 is 9.59 Å². The summed E-state index contributed by atoms with van der Waals surface area (Å²) in [6.07, 6.45) is 3.54. The van der Waals surface area contributed by atoms with Gasteiger partial charge >= 0.3 is 0 Å². The second kappa shape index (κ2) is 7.58. The van der Waals surface area contributed by atoms with E-state index in [2.05, 4.69) is 26.7 Å². The Labute approximate surface area is 160 Å². The molecular weight excluding hydrogens is 344 g/mol. The summed E-state index contributed by atoms with van der Waals surface area (Å²) in [7, 11) is 2.11. The van der Waals surface area contributed by atoms with Crippen LogP contribution < -0.4 is 0 Å². The molecule has 0 aliphatic carbocycles. The minimum absolute atomic E-state index is 0.0352. The number of rotatable bonds is 2. The molecule has 1 unspecified atom stereocenters. The van der Waals surface area contributed by atoms with E-state index in [1.165, 1.54) is 0 Å². The first kappa shape index (κ1) is 18.4. The Morgan fingerprint density at radius 1 is 0.926 bits per heavy atom. The highest BCUT2D eigenvalue weighted by molar-refractivity contribution is 5.79. The van der Waals surface area contributed by atoms with E-state index < -0.39 is 0 Å². The highest BCUT2D eigenvalue weighted by Gasteiger charge is 2.34. The van der Waals surface area contributed by atoms with Gasteiger partial charge in [-0.15, -0.1) is 10.2 Å². The summed E-state index contributed by atoms with van der Waals surface area (Å²) in [6, 6.07) is 0. The Morgan fingerprint density at radius 3 is 2.30 bits per heavy atom. The number of likely N-dealkylation sites (tertiary alicyclic amines) is 1. The van der Waals surface area contributed by atoms with Crippen LogP contribution in [0.3, 0.4) is 0 Å². The largest absolute Gasteiger partial charge is 0.343 e. The number of carbonyl (C=O) groups excluding carboxylic acids is 2. The Kier molecular flexibility index (Phi) is 5.16. The van der Waals surface area contributed by atoms with Crippen LogP contribution in [-0.2, 0) is 22.6 Å². The zero-order valence-corrected chi connectivity index (χ0v) is 16.4. The van der Waals surface area contributed by atoms with Crippen molar-refractivity contribution in [3.05, 3.63) is 11.6 Å². The van der Waals surface area contributed by atoms with Gasteiger partial charge in [-0.3, -0.25) is 9.59 Å². The van der Waals surface area contributed by atoms with Gasteiger partial charge in [0.05, 0.1) is 5.92 Å². The van der Waals surface area contributed by atoms with Crippen LogP contribution in [0.15, 0.2) is 0 Å². The molecule has 2 saturated heterocycles. The lowest BCUT2D eigenvalue weighted by atomic mass is 9.93. The normalized spacial score (nSPS) is 24.7. The Morgan fingerprint density at radius 2 is 1.63 bits per heavy atom. The number of carbonyl (C=O) groups is 2. The standard InChI is InChI=1S/C19H30N6O2/c1-14(26)23-7-5-15(6-8-23)18-21-20-17-4-3-16(13-25(17)18)19(27)24-11-9-22(2)10-12-24/h15-16H,3-13H2,1-2H3. The number of hydrogen-bond acceptors (Lipinski definition) is 5. The zero-order valence-electron chi connectivity index (χ0n) is 16.4. The van der Waals surface area contributed by atoms with Crippen LogP contribution in [0.4, 0.5) is 0 Å². The molecule has 27 heavy (non-hydrogen) atoms. The van der Waals surface area contributed by atoms with E-state index in [1.807, 2.05) is 9.80 Å². The maximum absolute atomic E-state index is 13.0. The summed E-state index contributed by atoms with van der Waals surface area (Å²) in [5.74, 6) is 2.84. The molecule has 148 valence electrons. The average molecular weight is 374 g/mol. The molecule has 8 heteroatoms. The molecule has 0 N–H and O–H groups in total. The highest BCUT2D eigenvalue weighted by Crippen LogP contribution is 2.31. The summed E-state index contributed by atoms with van der Waals surface area (Å²) < 4.78 is 2.20. The van der Waals surface area contributed by atoms with Crippen molar-refractivity contribution in [2.75, 3.05) is 46.3 Å². The summed E-state index contributed by atoms with van der Waals surface area (Å²) in [5, 5.41) is 8.89. The number of likely N-dealkylation sites (N-methyl/N-ethyl adjacent to an activating group) is 1. The molecule has 1 aromatic rings. The predicted octanol–water partition coefficient (Wildman–Crippen LogP) is 0.340. The fourth-order valence-electron chi connectivity index (χ4n) is 4.59. The first-order valence-corrected chi connectivity index (χ1v) is 10.2. The summed E-state index contributed by atoms with van der Waals surface area (Å²) in [6.45, 7) is 7.47. The van der Waals surface area contributed by atoms with E-state index in [9.17, 15) is 9.59 Å². The molecule has 0 bridgehead atoms. The third-order valence-electron chi connectivity index (χ3n) is 6.44. The average Bonchev–Trinajstić information content (AvgIpc) is 3.11. The number of aryl methyl sites for hydroxylation is 1. The van der Waals surface area contributed by atoms with Crippen LogP contribution in [0, 0.1) is 5.92 Å². The molecule has 4 rings (SSSR count). The van der Waals surface area contributed by atoms with Crippen molar-refractivity contribution in [2.24, 2.45) is 5.92 Å². The molecule has 2 fully saturated rings. The number of piperidine rings is 1. The van der Waals surface area contributed by atoms with Gasteiger partial charge in [0.1, 0.15) is 11.6 Å². The van der Waals surface area contributed by atoms with Crippen molar-refractivity contribution in [2.45, 2.75) is 45.1 Å². The van der Waals surface area contributed by atoms with E-state index >= 15 is 0 Å². The second-order valence-corrected chi connectivity index (χ2v) is 8.23. The predicted molar refractivity (Wildman–Crippen MR) is 100 cm³/mol. The monoisotopic (exact) mass is 374 g/mol. The fraction of sp³-hybridized carbons (Fsp3) is 0.789. The van der Waals surface area contributed by atoms with Gasteiger partial charge in [0, 0.05) is 65.1 Å². The molecular formula is C19H30N6O2. The topological polar surface area (TPSA) is 74.6 Å². The third-order valence-corrected chi connectivity index (χ3v) is 6.44. The molecule has 4 heterocycles. The molecule has 2 amide bonds. The van der Waals surface area contributed by atoms with Crippen molar-refractivity contribution in [1.29, 1.82) is 0 Å². The van der Waals surface area contributed by atoms with Crippen LogP contribution in [0.2, 0.25) is 0 Å². The van der Waals surface area contributed by atoms with Crippen molar-refractivity contribution in [1.82, 2.24) is 29.5 Å². The smallest absolute Gasteiger partial charge is 0.227 e. The fourth-order valence-corrected chi connectivity index (χ4v) is 4.59. The van der Waals surface area contributed by atoms with Crippen LogP contribution >= 0.6 is 0 Å². The van der Waals surface area contributed by atoms with Crippen LogP contribution in [0.1, 0.15) is 43.8 Å². The van der Waals surface area contributed by atoms with Gasteiger partial charge in [-0.05, 0) is 26.3 Å². The van der Waals surface area contributed by atoms with Crippen LogP contribution in [-0.4, -0.2) is 87.6 Å². The van der Waals surface area contributed by atoms with Gasteiger partial charge < -0.3 is 19.3 Å². The molecule has 1 aromatic heterocycles. The van der Waals surface area contributed by atoms with Crippen LogP contribution in [0.25, 0.3) is 0 Å². The number of amides is 2. The van der Waals surface area contributed by atoms with E-state index in [4.69, 9.17) is 0 Å². The van der Waals surface area contributed by atoms with Gasteiger partial charge in [-0.1, -0.05) is 0 Å². The van der Waals surface area contributed by atoms with Crippen molar-refractivity contribution >= 4 is 11.8 Å². The number of aromatic nitrogens is 3. The number of fused-ring (bicyclic) bond motifs is 1. The quantitative estimate of drug-likeness (QED) is 0.746. The molecule has 1 atom stereocenters. The summed E-state index contributed by atoms with van der Waals surface area (Å²) in [4.78, 5) is 30.8. The van der Waals surface area contributed by atoms with Gasteiger partial charge in [0.2, 0.25) is 11.8 Å². The van der Waals surface area contributed by atoms with Gasteiger partial charge in [0.15, 0.2) is 0 Å². The second-order valence-electron chi connectivity index (χ2n) is 8.23. The minimum Gasteiger partial charge on any atom is -0.343 e. The maximum atomic E-state index is 13.0. The molecule has 3 aliphatic rings. The number of hydrogen-bond donors (Lipinski definition) is 0. The maximum Gasteiger partial charge on any atom is 0.227 e. The highest BCUT2D eigenvalue weighted by atomic mass is 16.2. The first-order valence-electron chi connectivity index (χ1n) is 10.2. The lowest BCUT2D eigenvalue weighted by molar-refractivity contribution is -0.138. The van der Waals surface area contributed by atoms with E-state index in [-0.39, 0.29) is 11.8 Å². The Balaban J connectivity index is 1.43. The summed E-state index contributed by atoms with van der Waals surface area (Å²) >= 11 is 0. The Hall–Kier alpha value is -1.96. The Bertz CT molecular complexity index is 701. The SMILES string of the molecule is CC(=O)N1CCC(c2nnc3n2CC(C(=O)N2CCN(C)CC2)CC3)CC1. The third kappa shape index (κ3) is 3.72. The van der Waals surface area contributed by atoms with Gasteiger partial charge in [-0.2, -0.15) is 0 Å². The van der Waals surface area contributed by atoms with E-state index in [0.717, 1.165) is 76.6 Å². The molecule has 8 nitrogen and oxygen atoms in total. The molecule has 0 spiro atoms. The van der Waals surface area contributed by atoms with E-state index in [1.54, 1.807) is 6.92 Å². The van der Waals surface area contributed by atoms with E-state index in [0.29, 0.717) is 18.4 Å².